The number of carbonyl (C=O) groups excluding carboxylic acids is 3. The molecular formula is C11H11N2O3. The summed E-state index contributed by atoms with van der Waals surface area (Å²) in [5.41, 5.74) is 1.08. The Morgan fingerprint density at radius 3 is 2.25 bits per heavy atom. The number of hydrogen-bond donors (Lipinski definition) is 2. The van der Waals surface area contributed by atoms with E-state index in [1.54, 1.807) is 12.4 Å². The van der Waals surface area contributed by atoms with Crippen LogP contribution < -0.4 is 10.6 Å². The molecule has 1 aromatic carbocycles. The summed E-state index contributed by atoms with van der Waals surface area (Å²) in [6, 6.07) is 4.54. The lowest BCUT2D eigenvalue weighted by molar-refractivity contribution is -0.115. The highest BCUT2D eigenvalue weighted by atomic mass is 16.2. The summed E-state index contributed by atoms with van der Waals surface area (Å²) >= 11 is 0. The third kappa shape index (κ3) is 3.20. The van der Waals surface area contributed by atoms with Gasteiger partial charge in [0.2, 0.25) is 18.1 Å². The number of anilines is 2. The first kappa shape index (κ1) is 11.9. The molecule has 0 aliphatic heterocycles. The summed E-state index contributed by atoms with van der Waals surface area (Å²) in [6.45, 7) is 2.71. The van der Waals surface area contributed by atoms with Crippen molar-refractivity contribution in [2.75, 3.05) is 10.6 Å². The van der Waals surface area contributed by atoms with Gasteiger partial charge in [0.1, 0.15) is 0 Å². The largest absolute Gasteiger partial charge is 0.326 e. The summed E-state index contributed by atoms with van der Waals surface area (Å²) in [7, 11) is 0. The predicted molar refractivity (Wildman–Crippen MR) is 59.8 cm³/mol. The molecule has 0 unspecified atom stereocenters. The van der Waals surface area contributed by atoms with Gasteiger partial charge in [-0.2, -0.15) is 0 Å². The molecule has 0 saturated heterocycles. The van der Waals surface area contributed by atoms with Crippen molar-refractivity contribution in [3.05, 3.63) is 23.8 Å². The van der Waals surface area contributed by atoms with Gasteiger partial charge in [0.15, 0.2) is 0 Å². The number of hydrogen-bond acceptors (Lipinski definition) is 3. The summed E-state index contributed by atoms with van der Waals surface area (Å²) < 4.78 is 0. The first-order valence-electron chi connectivity index (χ1n) is 4.60. The fourth-order valence-electron chi connectivity index (χ4n) is 1.21. The van der Waals surface area contributed by atoms with Crippen LogP contribution in [0.1, 0.15) is 19.4 Å². The van der Waals surface area contributed by atoms with Crippen LogP contribution >= 0.6 is 0 Å². The van der Waals surface area contributed by atoms with Gasteiger partial charge in [-0.1, -0.05) is 0 Å². The van der Waals surface area contributed by atoms with Crippen molar-refractivity contribution >= 4 is 29.5 Å². The molecule has 0 spiro atoms. The average molecular weight is 219 g/mol. The van der Waals surface area contributed by atoms with E-state index in [4.69, 9.17) is 0 Å². The van der Waals surface area contributed by atoms with Gasteiger partial charge in [0.05, 0.1) is 5.69 Å². The molecule has 0 saturated carbocycles. The van der Waals surface area contributed by atoms with Gasteiger partial charge in [-0.15, -0.1) is 0 Å². The summed E-state index contributed by atoms with van der Waals surface area (Å²) in [4.78, 5) is 32.3. The molecule has 16 heavy (non-hydrogen) atoms. The Morgan fingerprint density at radius 2 is 1.75 bits per heavy atom. The van der Waals surface area contributed by atoms with Crippen molar-refractivity contribution in [2.45, 2.75) is 13.8 Å². The second-order valence-corrected chi connectivity index (χ2v) is 3.22. The van der Waals surface area contributed by atoms with E-state index in [0.29, 0.717) is 11.4 Å². The van der Waals surface area contributed by atoms with E-state index >= 15 is 0 Å². The van der Waals surface area contributed by atoms with Crippen molar-refractivity contribution in [2.24, 2.45) is 0 Å². The van der Waals surface area contributed by atoms with E-state index in [2.05, 4.69) is 10.6 Å². The van der Waals surface area contributed by atoms with Crippen molar-refractivity contribution in [3.63, 3.8) is 0 Å². The van der Waals surface area contributed by atoms with Crippen LogP contribution in [0.4, 0.5) is 11.4 Å². The second-order valence-electron chi connectivity index (χ2n) is 3.22. The SMILES string of the molecule is CC(=O)Nc1ccc([C]=O)c(NC(C)=O)c1. The summed E-state index contributed by atoms with van der Waals surface area (Å²) in [5.74, 6) is -0.520. The van der Waals surface area contributed by atoms with Gasteiger partial charge in [0.25, 0.3) is 0 Å². The molecular weight excluding hydrogens is 208 g/mol. The zero-order valence-electron chi connectivity index (χ0n) is 8.96. The molecule has 2 N–H and O–H groups in total. The number of benzene rings is 1. The first-order valence-corrected chi connectivity index (χ1v) is 4.60. The highest BCUT2D eigenvalue weighted by Crippen LogP contribution is 2.19. The van der Waals surface area contributed by atoms with Crippen LogP contribution in [0.25, 0.3) is 0 Å². The van der Waals surface area contributed by atoms with E-state index in [1.165, 1.54) is 26.0 Å². The highest BCUT2D eigenvalue weighted by Gasteiger charge is 2.06. The monoisotopic (exact) mass is 219 g/mol. The first-order chi connectivity index (χ1) is 7.52. The zero-order chi connectivity index (χ0) is 12.1. The van der Waals surface area contributed by atoms with Crippen molar-refractivity contribution in [3.8, 4) is 0 Å². The molecule has 0 fully saturated rings. The molecule has 0 heterocycles. The quantitative estimate of drug-likeness (QED) is 0.798. The van der Waals surface area contributed by atoms with Crippen LogP contribution in [-0.4, -0.2) is 18.1 Å². The molecule has 0 aromatic heterocycles. The predicted octanol–water partition coefficient (Wildman–Crippen LogP) is 1.06. The van der Waals surface area contributed by atoms with E-state index in [9.17, 15) is 14.4 Å². The van der Waals surface area contributed by atoms with Gasteiger partial charge < -0.3 is 10.6 Å². The number of rotatable bonds is 3. The van der Waals surface area contributed by atoms with E-state index in [1.807, 2.05) is 0 Å². The summed E-state index contributed by atoms with van der Waals surface area (Å²) in [5, 5.41) is 5.03. The van der Waals surface area contributed by atoms with Gasteiger partial charge >= 0.3 is 0 Å². The van der Waals surface area contributed by atoms with Gasteiger partial charge in [-0.3, -0.25) is 14.4 Å². The van der Waals surface area contributed by atoms with Crippen LogP contribution in [0.2, 0.25) is 0 Å². The Labute approximate surface area is 92.8 Å². The normalized spacial score (nSPS) is 9.38. The fraction of sp³-hybridized carbons (Fsp3) is 0.182. The zero-order valence-corrected chi connectivity index (χ0v) is 8.96. The van der Waals surface area contributed by atoms with Crippen molar-refractivity contribution in [1.82, 2.24) is 0 Å². The molecule has 0 aliphatic carbocycles. The van der Waals surface area contributed by atoms with Crippen LogP contribution in [0.3, 0.4) is 0 Å². The average Bonchev–Trinajstić information content (AvgIpc) is 2.16. The fourth-order valence-corrected chi connectivity index (χ4v) is 1.21. The minimum absolute atomic E-state index is 0.225. The number of carbonyl (C=O) groups is 2. The minimum atomic E-state index is -0.295. The van der Waals surface area contributed by atoms with Crippen molar-refractivity contribution < 1.29 is 14.4 Å². The Kier molecular flexibility index (Phi) is 3.77. The lowest BCUT2D eigenvalue weighted by Crippen LogP contribution is -2.10. The minimum Gasteiger partial charge on any atom is -0.326 e. The maximum atomic E-state index is 10.9. The highest BCUT2D eigenvalue weighted by molar-refractivity contribution is 5.97. The Balaban J connectivity index is 3.05. The smallest absolute Gasteiger partial charge is 0.235 e. The molecule has 83 valence electrons. The van der Waals surface area contributed by atoms with Crippen molar-refractivity contribution in [1.29, 1.82) is 0 Å². The molecule has 0 aliphatic rings. The van der Waals surface area contributed by atoms with Crippen LogP contribution in [0.5, 0.6) is 0 Å². The Bertz CT molecular complexity index is 441. The molecule has 1 rings (SSSR count). The number of amides is 2. The molecule has 0 atom stereocenters. The lowest BCUT2D eigenvalue weighted by Gasteiger charge is -2.08. The number of nitrogens with one attached hydrogen (secondary N) is 2. The molecule has 0 bridgehead atoms. The van der Waals surface area contributed by atoms with E-state index in [0.717, 1.165) is 0 Å². The molecule has 1 radical (unpaired) electrons. The maximum Gasteiger partial charge on any atom is 0.235 e. The third-order valence-corrected chi connectivity index (χ3v) is 1.76. The summed E-state index contributed by atoms with van der Waals surface area (Å²) in [6.07, 6.45) is 1.70. The van der Waals surface area contributed by atoms with Crippen LogP contribution in [0.15, 0.2) is 18.2 Å². The van der Waals surface area contributed by atoms with Crippen LogP contribution in [0, 0.1) is 0 Å². The third-order valence-electron chi connectivity index (χ3n) is 1.76. The molecule has 2 amide bonds. The topological polar surface area (TPSA) is 75.3 Å². The molecule has 5 nitrogen and oxygen atoms in total. The van der Waals surface area contributed by atoms with Gasteiger partial charge in [-0.05, 0) is 18.2 Å². The second kappa shape index (κ2) is 5.06. The van der Waals surface area contributed by atoms with E-state index < -0.39 is 0 Å². The van der Waals surface area contributed by atoms with Gasteiger partial charge in [-0.25, -0.2) is 0 Å². The lowest BCUT2D eigenvalue weighted by atomic mass is 10.1. The molecule has 5 heteroatoms. The maximum absolute atomic E-state index is 10.9. The Morgan fingerprint density at radius 1 is 1.12 bits per heavy atom. The standard InChI is InChI=1S/C11H11N2O3/c1-7(15)12-10-4-3-9(6-14)11(5-10)13-8(2)16/h3-5H,1-2H3,(H,12,15)(H,13,16). The van der Waals surface area contributed by atoms with E-state index in [-0.39, 0.29) is 17.4 Å². The van der Waals surface area contributed by atoms with Gasteiger partial charge in [0, 0.05) is 25.1 Å². The molecule has 1 aromatic rings. The Hall–Kier alpha value is -2.17. The van der Waals surface area contributed by atoms with Crippen LogP contribution in [-0.2, 0) is 14.4 Å².